The highest BCUT2D eigenvalue weighted by Crippen LogP contribution is 2.06. The highest BCUT2D eigenvalue weighted by Gasteiger charge is 2.03. The average Bonchev–Trinajstić information content (AvgIpc) is 2.36. The maximum absolute atomic E-state index is 11.2. The molecule has 0 aliphatic carbocycles. The molecule has 7 heteroatoms. The Morgan fingerprint density at radius 1 is 1.32 bits per heavy atom. The summed E-state index contributed by atoms with van der Waals surface area (Å²) >= 11 is 0. The number of hydrogen-bond donors (Lipinski definition) is 2. The number of carbonyl (C=O) groups excluding carboxylic acids is 1. The third-order valence-corrected chi connectivity index (χ3v) is 2.26. The van der Waals surface area contributed by atoms with Gasteiger partial charge in [0.2, 0.25) is 0 Å². The minimum atomic E-state index is -0.525. The molecule has 1 amide bonds. The zero-order valence-electron chi connectivity index (χ0n) is 11.6. The van der Waals surface area contributed by atoms with Crippen LogP contribution < -0.4 is 10.6 Å². The molecule has 2 N–H and O–H groups in total. The summed E-state index contributed by atoms with van der Waals surface area (Å²) < 4.78 is 4.74. The normalized spacial score (nSPS) is 10.3. The van der Waals surface area contributed by atoms with E-state index < -0.39 is 6.09 Å². The van der Waals surface area contributed by atoms with E-state index in [1.807, 2.05) is 14.1 Å². The van der Waals surface area contributed by atoms with E-state index in [1.54, 1.807) is 19.1 Å². The molecule has 0 atom stereocenters. The van der Waals surface area contributed by atoms with E-state index >= 15 is 0 Å². The van der Waals surface area contributed by atoms with Gasteiger partial charge in [0.15, 0.2) is 5.82 Å². The first-order valence-corrected chi connectivity index (χ1v) is 6.28. The van der Waals surface area contributed by atoms with Gasteiger partial charge in [0.25, 0.3) is 0 Å². The van der Waals surface area contributed by atoms with Crippen LogP contribution in [0.1, 0.15) is 13.3 Å². The van der Waals surface area contributed by atoms with Crippen LogP contribution >= 0.6 is 0 Å². The second-order valence-electron chi connectivity index (χ2n) is 4.23. The van der Waals surface area contributed by atoms with E-state index in [9.17, 15) is 4.79 Å². The lowest BCUT2D eigenvalue weighted by atomic mass is 10.4. The second kappa shape index (κ2) is 8.25. The number of nitrogens with one attached hydrogen (secondary N) is 2. The second-order valence-corrected chi connectivity index (χ2v) is 4.23. The molecule has 0 aliphatic rings. The topological polar surface area (TPSA) is 79.4 Å². The van der Waals surface area contributed by atoms with Gasteiger partial charge in [-0.15, -0.1) is 10.2 Å². The van der Waals surface area contributed by atoms with Crippen molar-refractivity contribution in [1.29, 1.82) is 0 Å². The van der Waals surface area contributed by atoms with Crippen molar-refractivity contribution in [2.45, 2.75) is 13.3 Å². The van der Waals surface area contributed by atoms with Gasteiger partial charge < -0.3 is 15.0 Å². The van der Waals surface area contributed by atoms with Crippen molar-refractivity contribution in [3.05, 3.63) is 12.1 Å². The van der Waals surface area contributed by atoms with Crippen LogP contribution in [-0.4, -0.2) is 55.0 Å². The van der Waals surface area contributed by atoms with Gasteiger partial charge in [0, 0.05) is 6.54 Å². The number of hydrogen-bond acceptors (Lipinski definition) is 6. The molecule has 1 rings (SSSR count). The average molecular weight is 267 g/mol. The summed E-state index contributed by atoms with van der Waals surface area (Å²) in [5, 5.41) is 13.5. The smallest absolute Gasteiger partial charge is 0.412 e. The zero-order valence-corrected chi connectivity index (χ0v) is 11.6. The number of ether oxygens (including phenoxy) is 1. The van der Waals surface area contributed by atoms with E-state index in [4.69, 9.17) is 4.74 Å². The van der Waals surface area contributed by atoms with Gasteiger partial charge >= 0.3 is 6.09 Å². The number of anilines is 2. The molecule has 0 aromatic carbocycles. The summed E-state index contributed by atoms with van der Waals surface area (Å²) in [6, 6.07) is 3.45. The molecule has 19 heavy (non-hydrogen) atoms. The van der Waals surface area contributed by atoms with E-state index in [1.165, 1.54) is 0 Å². The van der Waals surface area contributed by atoms with Crippen LogP contribution in [0.4, 0.5) is 16.4 Å². The highest BCUT2D eigenvalue weighted by molar-refractivity contribution is 5.83. The van der Waals surface area contributed by atoms with Gasteiger partial charge in [-0.3, -0.25) is 5.32 Å². The summed E-state index contributed by atoms with van der Waals surface area (Å²) in [5.41, 5.74) is 0. The van der Waals surface area contributed by atoms with Crippen LogP contribution in [0.3, 0.4) is 0 Å². The first-order chi connectivity index (χ1) is 9.11. The molecule has 1 heterocycles. The van der Waals surface area contributed by atoms with Gasteiger partial charge in [0.05, 0.1) is 6.61 Å². The number of rotatable bonds is 7. The molecule has 0 spiro atoms. The predicted octanol–water partition coefficient (Wildman–Crippen LogP) is 1.41. The standard InChI is InChI=1S/C12H21N5O2/c1-4-19-12(18)14-11-7-6-10(15-16-11)13-8-5-9-17(2)3/h6-7H,4-5,8-9H2,1-3H3,(H,13,15)(H,14,16,18). The molecule has 0 bridgehead atoms. The van der Waals surface area contributed by atoms with Gasteiger partial charge in [-0.1, -0.05) is 0 Å². The Balaban J connectivity index is 2.33. The third kappa shape index (κ3) is 6.56. The van der Waals surface area contributed by atoms with Crippen LogP contribution in [0.15, 0.2) is 12.1 Å². The molecule has 0 aliphatic heterocycles. The SMILES string of the molecule is CCOC(=O)Nc1ccc(NCCCN(C)C)nn1. The molecule has 0 saturated heterocycles. The van der Waals surface area contributed by atoms with E-state index in [2.05, 4.69) is 25.7 Å². The van der Waals surface area contributed by atoms with Crippen molar-refractivity contribution >= 4 is 17.7 Å². The van der Waals surface area contributed by atoms with Crippen molar-refractivity contribution in [3.63, 3.8) is 0 Å². The molecule has 106 valence electrons. The first-order valence-electron chi connectivity index (χ1n) is 6.28. The number of carbonyl (C=O) groups is 1. The maximum atomic E-state index is 11.2. The van der Waals surface area contributed by atoms with Gasteiger partial charge in [-0.05, 0) is 46.1 Å². The van der Waals surface area contributed by atoms with Crippen LogP contribution in [-0.2, 0) is 4.74 Å². The molecule has 0 unspecified atom stereocenters. The molecular formula is C12H21N5O2. The Kier molecular flexibility index (Phi) is 6.59. The Labute approximate surface area is 113 Å². The minimum absolute atomic E-state index is 0.324. The molecule has 0 radical (unpaired) electrons. The van der Waals surface area contributed by atoms with Crippen molar-refractivity contribution in [2.24, 2.45) is 0 Å². The first kappa shape index (κ1) is 15.2. The summed E-state index contributed by atoms with van der Waals surface area (Å²) in [6.07, 6.45) is 0.501. The van der Waals surface area contributed by atoms with Crippen LogP contribution in [0, 0.1) is 0 Å². The lowest BCUT2D eigenvalue weighted by Gasteiger charge is -2.10. The monoisotopic (exact) mass is 267 g/mol. The van der Waals surface area contributed by atoms with E-state index in [-0.39, 0.29) is 0 Å². The number of aromatic nitrogens is 2. The van der Waals surface area contributed by atoms with Crippen LogP contribution in [0.2, 0.25) is 0 Å². The summed E-state index contributed by atoms with van der Waals surface area (Å²) in [5.74, 6) is 1.06. The van der Waals surface area contributed by atoms with Crippen molar-refractivity contribution < 1.29 is 9.53 Å². The fourth-order valence-corrected chi connectivity index (χ4v) is 1.38. The maximum Gasteiger partial charge on any atom is 0.412 e. The largest absolute Gasteiger partial charge is 0.450 e. The Bertz CT molecular complexity index is 380. The molecule has 1 aromatic rings. The molecule has 7 nitrogen and oxygen atoms in total. The van der Waals surface area contributed by atoms with Gasteiger partial charge in [0.1, 0.15) is 5.82 Å². The fourth-order valence-electron chi connectivity index (χ4n) is 1.38. The van der Waals surface area contributed by atoms with Crippen molar-refractivity contribution in [1.82, 2.24) is 15.1 Å². The Morgan fingerprint density at radius 2 is 2.00 bits per heavy atom. The highest BCUT2D eigenvalue weighted by atomic mass is 16.5. The quantitative estimate of drug-likeness (QED) is 0.727. The van der Waals surface area contributed by atoms with Gasteiger partial charge in [-0.2, -0.15) is 0 Å². The van der Waals surface area contributed by atoms with Gasteiger partial charge in [-0.25, -0.2) is 4.79 Å². The summed E-state index contributed by atoms with van der Waals surface area (Å²) in [7, 11) is 4.07. The third-order valence-electron chi connectivity index (χ3n) is 2.26. The Morgan fingerprint density at radius 3 is 2.58 bits per heavy atom. The molecular weight excluding hydrogens is 246 g/mol. The zero-order chi connectivity index (χ0) is 14.1. The lowest BCUT2D eigenvalue weighted by Crippen LogP contribution is -2.17. The molecule has 1 aromatic heterocycles. The number of nitrogens with zero attached hydrogens (tertiary/aromatic N) is 3. The summed E-state index contributed by atoms with van der Waals surface area (Å²) in [4.78, 5) is 13.3. The van der Waals surface area contributed by atoms with Crippen LogP contribution in [0.25, 0.3) is 0 Å². The van der Waals surface area contributed by atoms with Crippen LogP contribution in [0.5, 0.6) is 0 Å². The molecule has 0 fully saturated rings. The fraction of sp³-hybridized carbons (Fsp3) is 0.583. The molecule has 0 saturated carbocycles. The minimum Gasteiger partial charge on any atom is -0.450 e. The number of amides is 1. The predicted molar refractivity (Wildman–Crippen MR) is 74.3 cm³/mol. The van der Waals surface area contributed by atoms with E-state index in [0.29, 0.717) is 18.2 Å². The van der Waals surface area contributed by atoms with E-state index in [0.717, 1.165) is 19.5 Å². The summed E-state index contributed by atoms with van der Waals surface area (Å²) in [6.45, 7) is 3.91. The van der Waals surface area contributed by atoms with Crippen molar-refractivity contribution in [3.8, 4) is 0 Å². The van der Waals surface area contributed by atoms with Crippen molar-refractivity contribution in [2.75, 3.05) is 44.4 Å². The Hall–Kier alpha value is -1.89. The lowest BCUT2D eigenvalue weighted by molar-refractivity contribution is 0.168.